The lowest BCUT2D eigenvalue weighted by Gasteiger charge is -2.18. The van der Waals surface area contributed by atoms with Crippen LogP contribution in [0.25, 0.3) is 0 Å². The number of thiophene rings is 1. The molecular weight excluding hydrogens is 409 g/mol. The Kier molecular flexibility index (Phi) is 6.87. The highest BCUT2D eigenvalue weighted by Crippen LogP contribution is 2.26. The molecule has 0 aliphatic rings. The monoisotopic (exact) mass is 427 g/mol. The molecule has 0 radical (unpaired) electrons. The molecule has 9 heteroatoms. The lowest BCUT2D eigenvalue weighted by atomic mass is 10.0. The highest BCUT2D eigenvalue weighted by molar-refractivity contribution is 7.10. The number of carbonyl (C=O) groups excluding carboxylic acids is 2. The first-order valence-corrected chi connectivity index (χ1v) is 9.93. The van der Waals surface area contributed by atoms with Gasteiger partial charge in [0.2, 0.25) is 5.91 Å². The number of nitro groups is 1. The van der Waals surface area contributed by atoms with Crippen molar-refractivity contribution in [2.24, 2.45) is 0 Å². The zero-order chi connectivity index (χ0) is 21.5. The summed E-state index contributed by atoms with van der Waals surface area (Å²) < 4.78 is 13.2. The van der Waals surface area contributed by atoms with Gasteiger partial charge in [-0.25, -0.2) is 4.39 Å². The number of nitrogens with one attached hydrogen (secondary N) is 2. The first-order chi connectivity index (χ1) is 14.4. The zero-order valence-electron chi connectivity index (χ0n) is 15.7. The van der Waals surface area contributed by atoms with E-state index in [2.05, 4.69) is 10.6 Å². The number of hydrogen-bond acceptors (Lipinski definition) is 5. The van der Waals surface area contributed by atoms with Crippen molar-refractivity contribution in [3.63, 3.8) is 0 Å². The third-order valence-corrected chi connectivity index (χ3v) is 5.25. The van der Waals surface area contributed by atoms with Gasteiger partial charge in [-0.3, -0.25) is 19.7 Å². The average molecular weight is 427 g/mol. The molecule has 0 aliphatic carbocycles. The molecule has 154 valence electrons. The standard InChI is InChI=1S/C21H18FN3O4S/c22-16-7-3-14(4-8-16)20(18-2-1-13-30-18)24-19(26)11-12-23-21(27)15-5-9-17(10-6-15)25(28)29/h1-10,13,20H,11-12H2,(H,23,27)(H,24,26)/t20-/m1/s1. The molecule has 2 amide bonds. The first-order valence-electron chi connectivity index (χ1n) is 9.05. The maximum absolute atomic E-state index is 13.2. The Morgan fingerprint density at radius 3 is 2.37 bits per heavy atom. The summed E-state index contributed by atoms with van der Waals surface area (Å²) in [6.07, 6.45) is 0.0434. The molecule has 3 aromatic rings. The normalized spacial score (nSPS) is 11.5. The fraction of sp³-hybridized carbons (Fsp3) is 0.143. The van der Waals surface area contributed by atoms with E-state index in [1.54, 1.807) is 12.1 Å². The van der Waals surface area contributed by atoms with Crippen molar-refractivity contribution in [3.8, 4) is 0 Å². The van der Waals surface area contributed by atoms with E-state index < -0.39 is 16.9 Å². The van der Waals surface area contributed by atoms with Crippen LogP contribution in [0.15, 0.2) is 66.0 Å². The second-order valence-corrected chi connectivity index (χ2v) is 7.36. The molecule has 7 nitrogen and oxygen atoms in total. The van der Waals surface area contributed by atoms with Crippen LogP contribution in [-0.2, 0) is 4.79 Å². The van der Waals surface area contributed by atoms with Crippen LogP contribution in [-0.4, -0.2) is 23.3 Å². The highest BCUT2D eigenvalue weighted by atomic mass is 32.1. The lowest BCUT2D eigenvalue weighted by molar-refractivity contribution is -0.384. The van der Waals surface area contributed by atoms with Gasteiger partial charge >= 0.3 is 0 Å². The predicted octanol–water partition coefficient (Wildman–Crippen LogP) is 3.82. The molecule has 1 atom stereocenters. The lowest BCUT2D eigenvalue weighted by Crippen LogP contribution is -2.33. The van der Waals surface area contributed by atoms with E-state index in [1.807, 2.05) is 17.5 Å². The maximum Gasteiger partial charge on any atom is 0.269 e. The molecule has 0 fully saturated rings. The summed E-state index contributed by atoms with van der Waals surface area (Å²) in [5.41, 5.74) is 0.914. The molecule has 0 saturated heterocycles. The Bertz CT molecular complexity index is 1020. The van der Waals surface area contributed by atoms with Gasteiger partial charge in [-0.1, -0.05) is 18.2 Å². The number of hydrogen-bond donors (Lipinski definition) is 2. The van der Waals surface area contributed by atoms with Crippen LogP contribution in [0.5, 0.6) is 0 Å². The Hall–Kier alpha value is -3.59. The molecule has 2 aromatic carbocycles. The maximum atomic E-state index is 13.2. The van der Waals surface area contributed by atoms with Crippen LogP contribution in [0, 0.1) is 15.9 Å². The molecule has 0 unspecified atom stereocenters. The summed E-state index contributed by atoms with van der Waals surface area (Å²) >= 11 is 1.48. The van der Waals surface area contributed by atoms with Crippen molar-refractivity contribution in [3.05, 3.63) is 98.0 Å². The molecule has 3 rings (SSSR count). The Labute approximate surface area is 175 Å². The Morgan fingerprint density at radius 2 is 1.77 bits per heavy atom. The van der Waals surface area contributed by atoms with Crippen LogP contribution in [0.1, 0.15) is 33.3 Å². The molecular formula is C21H18FN3O4S. The summed E-state index contributed by atoms with van der Waals surface area (Å²) in [7, 11) is 0. The second-order valence-electron chi connectivity index (χ2n) is 6.38. The predicted molar refractivity (Wildman–Crippen MR) is 111 cm³/mol. The van der Waals surface area contributed by atoms with Crippen molar-refractivity contribution >= 4 is 28.8 Å². The minimum absolute atomic E-state index is 0.0434. The SMILES string of the molecule is O=C(CCNC(=O)c1ccc([N+](=O)[O-])cc1)N[C@H](c1ccc(F)cc1)c1cccs1. The minimum atomic E-state index is -0.544. The molecule has 1 heterocycles. The molecule has 30 heavy (non-hydrogen) atoms. The van der Waals surface area contributed by atoms with Gasteiger partial charge < -0.3 is 10.6 Å². The zero-order valence-corrected chi connectivity index (χ0v) is 16.5. The van der Waals surface area contributed by atoms with Crippen LogP contribution in [0.4, 0.5) is 10.1 Å². The van der Waals surface area contributed by atoms with Crippen LogP contribution < -0.4 is 10.6 Å². The minimum Gasteiger partial charge on any atom is -0.352 e. The Morgan fingerprint density at radius 1 is 1.07 bits per heavy atom. The van der Waals surface area contributed by atoms with Gasteiger partial charge in [0.1, 0.15) is 5.82 Å². The number of nitro benzene ring substituents is 1. The van der Waals surface area contributed by atoms with Gasteiger partial charge in [-0.2, -0.15) is 0 Å². The fourth-order valence-corrected chi connectivity index (χ4v) is 3.59. The van der Waals surface area contributed by atoms with Crippen molar-refractivity contribution in [1.29, 1.82) is 0 Å². The van der Waals surface area contributed by atoms with E-state index in [4.69, 9.17) is 0 Å². The van der Waals surface area contributed by atoms with Crippen molar-refractivity contribution in [1.82, 2.24) is 10.6 Å². The number of benzene rings is 2. The quantitative estimate of drug-likeness (QED) is 0.421. The van der Waals surface area contributed by atoms with Gasteiger partial charge in [0.15, 0.2) is 0 Å². The number of nitrogens with zero attached hydrogens (tertiary/aromatic N) is 1. The van der Waals surface area contributed by atoms with Crippen LogP contribution in [0.2, 0.25) is 0 Å². The highest BCUT2D eigenvalue weighted by Gasteiger charge is 2.18. The number of non-ortho nitro benzene ring substituents is 1. The van der Waals surface area contributed by atoms with Gasteiger partial charge in [0, 0.05) is 35.5 Å². The molecule has 1 aromatic heterocycles. The van der Waals surface area contributed by atoms with Gasteiger partial charge in [-0.05, 0) is 41.3 Å². The fourth-order valence-electron chi connectivity index (χ4n) is 2.79. The van der Waals surface area contributed by atoms with Crippen LogP contribution in [0.3, 0.4) is 0 Å². The smallest absolute Gasteiger partial charge is 0.269 e. The number of halogens is 1. The summed E-state index contributed by atoms with van der Waals surface area (Å²) in [5.74, 6) is -1.06. The topological polar surface area (TPSA) is 101 Å². The van der Waals surface area contributed by atoms with E-state index in [1.165, 1.54) is 47.7 Å². The number of rotatable bonds is 8. The van der Waals surface area contributed by atoms with Gasteiger partial charge in [0.25, 0.3) is 11.6 Å². The summed E-state index contributed by atoms with van der Waals surface area (Å²) in [6, 6.07) is 14.5. The van der Waals surface area contributed by atoms with E-state index in [0.717, 1.165) is 10.4 Å². The first kappa shape index (κ1) is 21.1. The van der Waals surface area contributed by atoms with Crippen LogP contribution >= 0.6 is 11.3 Å². The summed E-state index contributed by atoms with van der Waals surface area (Å²) in [4.78, 5) is 35.6. The van der Waals surface area contributed by atoms with E-state index in [-0.39, 0.29) is 35.9 Å². The Balaban J connectivity index is 1.56. The van der Waals surface area contributed by atoms with E-state index >= 15 is 0 Å². The molecule has 2 N–H and O–H groups in total. The van der Waals surface area contributed by atoms with Crippen molar-refractivity contribution in [2.75, 3.05) is 6.54 Å². The third-order valence-electron chi connectivity index (χ3n) is 4.31. The molecule has 0 saturated carbocycles. The van der Waals surface area contributed by atoms with Crippen molar-refractivity contribution < 1.29 is 18.9 Å². The summed E-state index contributed by atoms with van der Waals surface area (Å²) in [6.45, 7) is 0.0994. The third kappa shape index (κ3) is 5.48. The average Bonchev–Trinajstić information content (AvgIpc) is 3.27. The van der Waals surface area contributed by atoms with Crippen molar-refractivity contribution in [2.45, 2.75) is 12.5 Å². The second kappa shape index (κ2) is 9.75. The van der Waals surface area contributed by atoms with Gasteiger partial charge in [0.05, 0.1) is 11.0 Å². The van der Waals surface area contributed by atoms with E-state index in [0.29, 0.717) is 0 Å². The number of amides is 2. The molecule has 0 bridgehead atoms. The molecule has 0 aliphatic heterocycles. The summed E-state index contributed by atoms with van der Waals surface area (Å²) in [5, 5.41) is 18.1. The number of carbonyl (C=O) groups is 2. The van der Waals surface area contributed by atoms with E-state index in [9.17, 15) is 24.1 Å². The van der Waals surface area contributed by atoms with Gasteiger partial charge in [-0.15, -0.1) is 11.3 Å². The molecule has 0 spiro atoms. The largest absolute Gasteiger partial charge is 0.352 e.